The highest BCUT2D eigenvalue weighted by Gasteiger charge is 2.46. The number of aliphatic hydroxyl groups is 6. The molecule has 7 heteroatoms. The van der Waals surface area contributed by atoms with Gasteiger partial charge in [0.1, 0.15) is 48.8 Å². The van der Waals surface area contributed by atoms with E-state index in [1.165, 1.54) is 0 Å². The predicted molar refractivity (Wildman–Crippen MR) is 93.4 cm³/mol. The second-order valence-corrected chi connectivity index (χ2v) is 7.09. The van der Waals surface area contributed by atoms with Gasteiger partial charge in [-0.25, -0.2) is 0 Å². The SMILES string of the molecule is O[C@H]1[C@H](O)[C@@H](O[C@H]2c3ccccc3[C@@H](O)[C@@H](O)[C@@H]2O)c2ccccc2[C@H]1O. The Bertz CT molecular complexity index is 758. The molecule has 0 spiro atoms. The van der Waals surface area contributed by atoms with Gasteiger partial charge in [-0.3, -0.25) is 0 Å². The molecule has 0 saturated heterocycles. The third-order valence-corrected chi connectivity index (χ3v) is 5.50. The van der Waals surface area contributed by atoms with Crippen LogP contribution in [0.1, 0.15) is 46.7 Å². The molecule has 6 N–H and O–H groups in total. The zero-order chi connectivity index (χ0) is 19.3. The topological polar surface area (TPSA) is 131 Å². The first-order valence-electron chi connectivity index (χ1n) is 8.83. The molecule has 0 saturated carbocycles. The van der Waals surface area contributed by atoms with E-state index in [4.69, 9.17) is 4.74 Å². The lowest BCUT2D eigenvalue weighted by molar-refractivity contribution is -0.197. The molecule has 0 fully saturated rings. The van der Waals surface area contributed by atoms with Crippen molar-refractivity contribution < 1.29 is 35.4 Å². The van der Waals surface area contributed by atoms with Crippen LogP contribution in [0, 0.1) is 0 Å². The first-order valence-corrected chi connectivity index (χ1v) is 8.83. The minimum absolute atomic E-state index is 0.430. The van der Waals surface area contributed by atoms with Gasteiger partial charge in [-0.1, -0.05) is 48.5 Å². The third kappa shape index (κ3) is 2.88. The molecule has 2 aromatic rings. The Labute approximate surface area is 155 Å². The Morgan fingerprint density at radius 1 is 0.481 bits per heavy atom. The summed E-state index contributed by atoms with van der Waals surface area (Å²) in [6.45, 7) is 0. The molecule has 2 aliphatic carbocycles. The van der Waals surface area contributed by atoms with Crippen molar-refractivity contribution in [2.75, 3.05) is 0 Å². The second kappa shape index (κ2) is 6.96. The van der Waals surface area contributed by atoms with Crippen molar-refractivity contribution in [2.24, 2.45) is 0 Å². The van der Waals surface area contributed by atoms with E-state index in [1.54, 1.807) is 48.5 Å². The van der Waals surface area contributed by atoms with Gasteiger partial charge in [-0.15, -0.1) is 0 Å². The quantitative estimate of drug-likeness (QED) is 0.437. The maximum absolute atomic E-state index is 10.5. The number of fused-ring (bicyclic) bond motifs is 2. The molecule has 0 amide bonds. The summed E-state index contributed by atoms with van der Waals surface area (Å²) in [5.74, 6) is 0. The van der Waals surface area contributed by atoms with E-state index < -0.39 is 48.8 Å². The van der Waals surface area contributed by atoms with Crippen molar-refractivity contribution in [1.29, 1.82) is 0 Å². The van der Waals surface area contributed by atoms with Crippen LogP contribution in [-0.2, 0) is 4.74 Å². The Balaban J connectivity index is 1.75. The fourth-order valence-corrected chi connectivity index (χ4v) is 4.01. The zero-order valence-corrected chi connectivity index (χ0v) is 14.3. The summed E-state index contributed by atoms with van der Waals surface area (Å²) in [5.41, 5.74) is 1.85. The summed E-state index contributed by atoms with van der Waals surface area (Å²) in [7, 11) is 0. The average Bonchev–Trinajstić information content (AvgIpc) is 2.70. The molecule has 27 heavy (non-hydrogen) atoms. The van der Waals surface area contributed by atoms with Crippen LogP contribution in [0.5, 0.6) is 0 Å². The number of hydrogen-bond donors (Lipinski definition) is 6. The fourth-order valence-electron chi connectivity index (χ4n) is 4.01. The van der Waals surface area contributed by atoms with E-state index in [0.717, 1.165) is 0 Å². The van der Waals surface area contributed by atoms with E-state index in [9.17, 15) is 30.6 Å². The largest absolute Gasteiger partial charge is 0.387 e. The van der Waals surface area contributed by atoms with E-state index in [-0.39, 0.29) is 0 Å². The van der Waals surface area contributed by atoms with Crippen molar-refractivity contribution in [3.8, 4) is 0 Å². The van der Waals surface area contributed by atoms with Crippen LogP contribution in [0.25, 0.3) is 0 Å². The van der Waals surface area contributed by atoms with Gasteiger partial charge >= 0.3 is 0 Å². The lowest BCUT2D eigenvalue weighted by Gasteiger charge is -2.42. The van der Waals surface area contributed by atoms with Gasteiger partial charge in [-0.05, 0) is 22.3 Å². The van der Waals surface area contributed by atoms with Gasteiger partial charge in [0.05, 0.1) is 0 Å². The highest BCUT2D eigenvalue weighted by molar-refractivity contribution is 5.38. The first-order chi connectivity index (χ1) is 12.9. The monoisotopic (exact) mass is 374 g/mol. The minimum atomic E-state index is -1.46. The number of benzene rings is 2. The lowest BCUT2D eigenvalue weighted by Crippen LogP contribution is -2.47. The van der Waals surface area contributed by atoms with Gasteiger partial charge < -0.3 is 35.4 Å². The van der Waals surface area contributed by atoms with Crippen LogP contribution in [0.15, 0.2) is 48.5 Å². The molecule has 2 aliphatic rings. The second-order valence-electron chi connectivity index (χ2n) is 7.09. The van der Waals surface area contributed by atoms with E-state index in [1.807, 2.05) is 0 Å². The van der Waals surface area contributed by atoms with E-state index >= 15 is 0 Å². The van der Waals surface area contributed by atoms with Gasteiger partial charge in [0, 0.05) is 0 Å². The van der Waals surface area contributed by atoms with Crippen molar-refractivity contribution in [2.45, 2.75) is 48.8 Å². The maximum Gasteiger partial charge on any atom is 0.113 e. The summed E-state index contributed by atoms with van der Waals surface area (Å²) in [6, 6.07) is 13.5. The number of hydrogen-bond acceptors (Lipinski definition) is 7. The van der Waals surface area contributed by atoms with Crippen LogP contribution in [0.4, 0.5) is 0 Å². The number of ether oxygens (including phenoxy) is 1. The van der Waals surface area contributed by atoms with Crippen LogP contribution in [0.2, 0.25) is 0 Å². The summed E-state index contributed by atoms with van der Waals surface area (Å²) in [5, 5.41) is 61.9. The Morgan fingerprint density at radius 3 is 1.19 bits per heavy atom. The molecular formula is C20H22O7. The normalized spacial score (nSPS) is 38.1. The third-order valence-electron chi connectivity index (χ3n) is 5.50. The molecule has 144 valence electrons. The standard InChI is InChI=1S/C20H22O7/c21-13-9-5-1-3-7-11(9)19(17(25)15(13)23)27-20-12-8-4-2-6-10(12)14(22)16(24)18(20)26/h1-8,13-26H/t13-,14-,15-,16-,17+,18+,19+,20+/m1/s1. The summed E-state index contributed by atoms with van der Waals surface area (Å²) >= 11 is 0. The highest BCUT2D eigenvalue weighted by atomic mass is 16.5. The lowest BCUT2D eigenvalue weighted by atomic mass is 9.81. The van der Waals surface area contributed by atoms with Gasteiger partial charge in [0.25, 0.3) is 0 Å². The molecule has 0 radical (unpaired) electrons. The van der Waals surface area contributed by atoms with Crippen molar-refractivity contribution in [3.63, 3.8) is 0 Å². The fraction of sp³-hybridized carbons (Fsp3) is 0.400. The predicted octanol–water partition coefficient (Wildman–Crippen LogP) is 0.0232. The van der Waals surface area contributed by atoms with Crippen LogP contribution >= 0.6 is 0 Å². The van der Waals surface area contributed by atoms with Gasteiger partial charge in [0.2, 0.25) is 0 Å². The molecule has 8 atom stereocenters. The number of aliphatic hydroxyl groups excluding tert-OH is 6. The smallest absolute Gasteiger partial charge is 0.113 e. The molecule has 0 aliphatic heterocycles. The van der Waals surface area contributed by atoms with Crippen LogP contribution < -0.4 is 0 Å². The zero-order valence-electron chi connectivity index (χ0n) is 14.3. The maximum atomic E-state index is 10.5. The van der Waals surface area contributed by atoms with Crippen molar-refractivity contribution in [3.05, 3.63) is 70.8 Å². The summed E-state index contributed by atoms with van der Waals surface area (Å²) < 4.78 is 6.01. The molecular weight excluding hydrogens is 352 g/mol. The Hall–Kier alpha value is -1.84. The molecule has 0 bridgehead atoms. The first kappa shape index (κ1) is 18.5. The highest BCUT2D eigenvalue weighted by Crippen LogP contribution is 2.45. The number of rotatable bonds is 2. The van der Waals surface area contributed by atoms with E-state index in [2.05, 4.69) is 0 Å². The van der Waals surface area contributed by atoms with Crippen LogP contribution in [0.3, 0.4) is 0 Å². The van der Waals surface area contributed by atoms with Gasteiger partial charge in [0.15, 0.2) is 0 Å². The molecule has 0 unspecified atom stereocenters. The Morgan fingerprint density at radius 2 is 0.815 bits per heavy atom. The summed E-state index contributed by atoms with van der Waals surface area (Å²) in [6.07, 6.45) is -10.4. The summed E-state index contributed by atoms with van der Waals surface area (Å²) in [4.78, 5) is 0. The van der Waals surface area contributed by atoms with Crippen molar-refractivity contribution >= 4 is 0 Å². The Kier molecular flexibility index (Phi) is 4.77. The van der Waals surface area contributed by atoms with Gasteiger partial charge in [-0.2, -0.15) is 0 Å². The van der Waals surface area contributed by atoms with E-state index in [0.29, 0.717) is 22.3 Å². The molecule has 2 aromatic carbocycles. The molecule has 0 aromatic heterocycles. The molecule has 4 rings (SSSR count). The molecule has 0 heterocycles. The van der Waals surface area contributed by atoms with Crippen LogP contribution in [-0.4, -0.2) is 55.1 Å². The minimum Gasteiger partial charge on any atom is -0.387 e. The molecule has 7 nitrogen and oxygen atoms in total. The average molecular weight is 374 g/mol. The van der Waals surface area contributed by atoms with Crippen molar-refractivity contribution in [1.82, 2.24) is 0 Å².